The minimum atomic E-state index is -0.936. The molecule has 0 aromatic carbocycles. The van der Waals surface area contributed by atoms with Crippen molar-refractivity contribution in [2.75, 3.05) is 11.6 Å². The van der Waals surface area contributed by atoms with Gasteiger partial charge in [-0.2, -0.15) is 0 Å². The van der Waals surface area contributed by atoms with Gasteiger partial charge in [0.15, 0.2) is 0 Å². The van der Waals surface area contributed by atoms with E-state index in [1.807, 2.05) is 20.0 Å². The van der Waals surface area contributed by atoms with Crippen molar-refractivity contribution in [3.05, 3.63) is 23.5 Å². The van der Waals surface area contributed by atoms with Gasteiger partial charge in [-0.25, -0.2) is 4.79 Å². The van der Waals surface area contributed by atoms with E-state index in [0.717, 1.165) is 5.69 Å². The van der Waals surface area contributed by atoms with Gasteiger partial charge in [-0.1, -0.05) is 0 Å². The van der Waals surface area contributed by atoms with E-state index in [2.05, 4.69) is 0 Å². The van der Waals surface area contributed by atoms with Crippen LogP contribution in [0.1, 0.15) is 16.2 Å². The van der Waals surface area contributed by atoms with Crippen molar-refractivity contribution in [3.63, 3.8) is 0 Å². The molecule has 6 heteroatoms. The number of hydrogen-bond acceptors (Lipinski definition) is 3. The van der Waals surface area contributed by atoms with E-state index in [9.17, 15) is 9.59 Å². The Labute approximate surface area is 103 Å². The number of carboxylic acid groups (broad SMARTS) is 1. The molecule has 1 aromatic rings. The lowest BCUT2D eigenvalue weighted by molar-refractivity contribution is -0.140. The minimum absolute atomic E-state index is 0.210. The normalized spacial score (nSPS) is 19.6. The molecule has 2 rings (SSSR count). The summed E-state index contributed by atoms with van der Waals surface area (Å²) in [7, 11) is 1.81. The second kappa shape index (κ2) is 4.44. The zero-order chi connectivity index (χ0) is 12.6. The number of carbonyl (C=O) groups excluding carboxylic acids is 1. The largest absolute Gasteiger partial charge is 0.480 e. The number of aliphatic carboxylic acids is 1. The molecule has 1 aromatic heterocycles. The average molecular weight is 254 g/mol. The molecule has 0 aliphatic carbocycles. The van der Waals surface area contributed by atoms with Crippen LogP contribution in [0.5, 0.6) is 0 Å². The maximum Gasteiger partial charge on any atom is 0.327 e. The molecule has 1 saturated heterocycles. The fourth-order valence-electron chi connectivity index (χ4n) is 1.82. The van der Waals surface area contributed by atoms with Gasteiger partial charge in [0.05, 0.1) is 5.88 Å². The van der Waals surface area contributed by atoms with Gasteiger partial charge in [0.25, 0.3) is 5.91 Å². The smallest absolute Gasteiger partial charge is 0.327 e. The maximum absolute atomic E-state index is 12.2. The zero-order valence-corrected chi connectivity index (χ0v) is 10.5. The molecular weight excluding hydrogens is 240 g/mol. The van der Waals surface area contributed by atoms with Crippen molar-refractivity contribution in [1.82, 2.24) is 9.47 Å². The molecule has 1 amide bonds. The SMILES string of the molecule is Cc1ccc(C(=O)N2CSC[C@H]2C(=O)O)n1C. The van der Waals surface area contributed by atoms with Crippen LogP contribution in [0, 0.1) is 6.92 Å². The Kier molecular flexibility index (Phi) is 3.15. The molecule has 0 radical (unpaired) electrons. The maximum atomic E-state index is 12.2. The number of carbonyl (C=O) groups is 2. The highest BCUT2D eigenvalue weighted by Crippen LogP contribution is 2.23. The summed E-state index contributed by atoms with van der Waals surface area (Å²) in [5, 5.41) is 9.04. The molecule has 0 spiro atoms. The van der Waals surface area contributed by atoms with E-state index in [0.29, 0.717) is 17.3 Å². The van der Waals surface area contributed by atoms with Crippen LogP contribution < -0.4 is 0 Å². The molecule has 1 N–H and O–H groups in total. The lowest BCUT2D eigenvalue weighted by atomic mass is 10.2. The first kappa shape index (κ1) is 12.0. The molecule has 1 aliphatic heterocycles. The van der Waals surface area contributed by atoms with E-state index >= 15 is 0 Å². The summed E-state index contributed by atoms with van der Waals surface area (Å²) in [4.78, 5) is 24.7. The monoisotopic (exact) mass is 254 g/mol. The molecule has 1 atom stereocenters. The second-order valence-corrected chi connectivity index (χ2v) is 5.05. The number of carboxylic acids is 1. The summed E-state index contributed by atoms with van der Waals surface area (Å²) >= 11 is 1.47. The third kappa shape index (κ3) is 2.04. The van der Waals surface area contributed by atoms with Crippen LogP contribution in [-0.2, 0) is 11.8 Å². The predicted octanol–water partition coefficient (Wildman–Crippen LogP) is 0.933. The summed E-state index contributed by atoms with van der Waals surface area (Å²) in [6.45, 7) is 1.91. The van der Waals surface area contributed by atoms with Crippen molar-refractivity contribution in [3.8, 4) is 0 Å². The van der Waals surface area contributed by atoms with Crippen molar-refractivity contribution >= 4 is 23.6 Å². The highest BCUT2D eigenvalue weighted by molar-refractivity contribution is 7.99. The minimum Gasteiger partial charge on any atom is -0.480 e. The summed E-state index contributed by atoms with van der Waals surface area (Å²) in [6, 6.07) is 2.88. The Bertz CT molecular complexity index is 469. The van der Waals surface area contributed by atoms with E-state index in [4.69, 9.17) is 5.11 Å². The first-order valence-corrected chi connectivity index (χ1v) is 6.41. The highest BCUT2D eigenvalue weighted by Gasteiger charge is 2.35. The van der Waals surface area contributed by atoms with Gasteiger partial charge < -0.3 is 14.6 Å². The highest BCUT2D eigenvalue weighted by atomic mass is 32.2. The van der Waals surface area contributed by atoms with Crippen LogP contribution in [0.2, 0.25) is 0 Å². The molecule has 1 aliphatic rings. The lowest BCUT2D eigenvalue weighted by Gasteiger charge is -2.20. The molecule has 17 heavy (non-hydrogen) atoms. The summed E-state index contributed by atoms with van der Waals surface area (Å²) < 4.78 is 1.78. The number of aromatic nitrogens is 1. The number of nitrogens with zero attached hydrogens (tertiary/aromatic N) is 2. The fourth-order valence-corrected chi connectivity index (χ4v) is 2.97. The molecular formula is C11H14N2O3S. The van der Waals surface area contributed by atoms with Crippen LogP contribution in [0.3, 0.4) is 0 Å². The molecule has 0 unspecified atom stereocenters. The van der Waals surface area contributed by atoms with Crippen molar-refractivity contribution in [2.24, 2.45) is 7.05 Å². The summed E-state index contributed by atoms with van der Waals surface area (Å²) in [5.41, 5.74) is 1.52. The third-order valence-electron chi connectivity index (χ3n) is 3.02. The molecule has 0 bridgehead atoms. The van der Waals surface area contributed by atoms with E-state index < -0.39 is 12.0 Å². The van der Waals surface area contributed by atoms with Gasteiger partial charge in [-0.05, 0) is 19.1 Å². The van der Waals surface area contributed by atoms with Gasteiger partial charge in [-0.3, -0.25) is 4.79 Å². The first-order chi connectivity index (χ1) is 8.02. The summed E-state index contributed by atoms with van der Waals surface area (Å²) in [6.07, 6.45) is 0. The Hall–Kier alpha value is -1.43. The zero-order valence-electron chi connectivity index (χ0n) is 9.71. The quantitative estimate of drug-likeness (QED) is 0.853. The Morgan fingerprint density at radius 2 is 2.18 bits per heavy atom. The van der Waals surface area contributed by atoms with Crippen molar-refractivity contribution in [2.45, 2.75) is 13.0 Å². The van der Waals surface area contributed by atoms with Crippen LogP contribution in [0.25, 0.3) is 0 Å². The number of amides is 1. The van der Waals surface area contributed by atoms with Gasteiger partial charge >= 0.3 is 5.97 Å². The van der Waals surface area contributed by atoms with Gasteiger partial charge in [0.2, 0.25) is 0 Å². The Morgan fingerprint density at radius 3 is 2.71 bits per heavy atom. The van der Waals surface area contributed by atoms with Crippen molar-refractivity contribution in [1.29, 1.82) is 0 Å². The Morgan fingerprint density at radius 1 is 1.47 bits per heavy atom. The standard InChI is InChI=1S/C11H14N2O3S/c1-7-3-4-8(12(7)2)10(14)13-6-17-5-9(13)11(15)16/h3-4,9H,5-6H2,1-2H3,(H,15,16)/t9-/m0/s1. The third-order valence-corrected chi connectivity index (χ3v) is 4.03. The number of hydrogen-bond donors (Lipinski definition) is 1. The van der Waals surface area contributed by atoms with Gasteiger partial charge in [-0.15, -0.1) is 11.8 Å². The van der Waals surface area contributed by atoms with E-state index in [-0.39, 0.29) is 5.91 Å². The average Bonchev–Trinajstić information content (AvgIpc) is 2.87. The molecule has 5 nitrogen and oxygen atoms in total. The fraction of sp³-hybridized carbons (Fsp3) is 0.455. The topological polar surface area (TPSA) is 62.5 Å². The molecule has 0 saturated carbocycles. The van der Waals surface area contributed by atoms with Crippen LogP contribution in [-0.4, -0.2) is 44.1 Å². The molecule has 92 valence electrons. The van der Waals surface area contributed by atoms with Crippen LogP contribution >= 0.6 is 11.8 Å². The number of aryl methyl sites for hydroxylation is 1. The first-order valence-electron chi connectivity index (χ1n) is 5.26. The Balaban J connectivity index is 2.26. The number of rotatable bonds is 2. The van der Waals surface area contributed by atoms with E-state index in [1.54, 1.807) is 10.6 Å². The summed E-state index contributed by atoms with van der Waals surface area (Å²) in [5.74, 6) is -0.239. The van der Waals surface area contributed by atoms with E-state index in [1.165, 1.54) is 16.7 Å². The molecule has 2 heterocycles. The predicted molar refractivity (Wildman–Crippen MR) is 65.1 cm³/mol. The van der Waals surface area contributed by atoms with Gasteiger partial charge in [0.1, 0.15) is 11.7 Å². The lowest BCUT2D eigenvalue weighted by Crippen LogP contribution is -2.42. The second-order valence-electron chi connectivity index (χ2n) is 4.05. The molecule has 1 fully saturated rings. The van der Waals surface area contributed by atoms with Gasteiger partial charge in [0, 0.05) is 18.5 Å². The number of thioether (sulfide) groups is 1. The van der Waals surface area contributed by atoms with Crippen LogP contribution in [0.15, 0.2) is 12.1 Å². The van der Waals surface area contributed by atoms with Crippen LogP contribution in [0.4, 0.5) is 0 Å². The van der Waals surface area contributed by atoms with Crippen molar-refractivity contribution < 1.29 is 14.7 Å².